The predicted molar refractivity (Wildman–Crippen MR) is 75.3 cm³/mol. The van der Waals surface area contributed by atoms with E-state index in [0.717, 1.165) is 0 Å². The van der Waals surface area contributed by atoms with Gasteiger partial charge in [-0.05, 0) is 16.0 Å². The monoisotopic (exact) mass is 328 g/mol. The lowest BCUT2D eigenvalue weighted by atomic mass is 10.0. The molecule has 0 spiro atoms. The molecular formula is C10H12N6O3S2. The molecule has 1 amide bonds. The van der Waals surface area contributed by atoms with Crippen LogP contribution in [0.2, 0.25) is 0 Å². The number of hydrogen-bond donors (Lipinski definition) is 2. The van der Waals surface area contributed by atoms with E-state index >= 15 is 0 Å². The van der Waals surface area contributed by atoms with Gasteiger partial charge in [0.1, 0.15) is 17.1 Å². The van der Waals surface area contributed by atoms with E-state index in [-0.39, 0.29) is 17.0 Å². The quantitative estimate of drug-likeness (QED) is 0.522. The van der Waals surface area contributed by atoms with Crippen LogP contribution in [0.5, 0.6) is 0 Å². The van der Waals surface area contributed by atoms with Crippen molar-refractivity contribution in [2.24, 2.45) is 12.8 Å². The number of carbonyl (C=O) groups is 2. The van der Waals surface area contributed by atoms with Gasteiger partial charge in [0.25, 0.3) is 0 Å². The molecule has 1 aromatic rings. The number of aryl methyl sites for hydroxylation is 1. The van der Waals surface area contributed by atoms with Gasteiger partial charge in [-0.1, -0.05) is 11.8 Å². The van der Waals surface area contributed by atoms with Gasteiger partial charge in [0.15, 0.2) is 0 Å². The Morgan fingerprint density at radius 3 is 3.00 bits per heavy atom. The highest BCUT2D eigenvalue weighted by atomic mass is 32.2. The Hall–Kier alpha value is -1.59. The number of carboxylic acids is 1. The van der Waals surface area contributed by atoms with Crippen molar-refractivity contribution in [3.8, 4) is 0 Å². The second kappa shape index (κ2) is 5.31. The molecule has 0 saturated carbocycles. The van der Waals surface area contributed by atoms with Gasteiger partial charge in [-0.3, -0.25) is 9.69 Å². The zero-order valence-corrected chi connectivity index (χ0v) is 12.6. The Labute approximate surface area is 127 Å². The third-order valence-corrected chi connectivity index (χ3v) is 5.71. The smallest absolute Gasteiger partial charge is 0.352 e. The molecule has 0 radical (unpaired) electrons. The summed E-state index contributed by atoms with van der Waals surface area (Å²) in [4.78, 5) is 24.6. The normalized spacial score (nSPS) is 24.9. The molecule has 21 heavy (non-hydrogen) atoms. The molecule has 3 rings (SSSR count). The van der Waals surface area contributed by atoms with E-state index < -0.39 is 12.0 Å². The van der Waals surface area contributed by atoms with Crippen LogP contribution in [0.3, 0.4) is 0 Å². The lowest BCUT2D eigenvalue weighted by Gasteiger charge is -2.48. The van der Waals surface area contributed by atoms with E-state index in [1.54, 1.807) is 7.05 Å². The molecule has 3 N–H and O–H groups in total. The number of nitrogens with zero attached hydrogens (tertiary/aromatic N) is 5. The number of aliphatic carboxylic acids is 1. The van der Waals surface area contributed by atoms with Crippen LogP contribution < -0.4 is 5.73 Å². The molecule has 3 heterocycles. The highest BCUT2D eigenvalue weighted by Gasteiger charge is 2.51. The van der Waals surface area contributed by atoms with Crippen molar-refractivity contribution in [3.63, 3.8) is 0 Å². The summed E-state index contributed by atoms with van der Waals surface area (Å²) >= 11 is 2.82. The Kier molecular flexibility index (Phi) is 3.63. The van der Waals surface area contributed by atoms with Crippen LogP contribution in [-0.2, 0) is 16.6 Å². The summed E-state index contributed by atoms with van der Waals surface area (Å²) in [7, 11) is 1.71. The molecule has 1 fully saturated rings. The van der Waals surface area contributed by atoms with Crippen LogP contribution in [0.1, 0.15) is 0 Å². The van der Waals surface area contributed by atoms with Crippen LogP contribution in [-0.4, -0.2) is 65.0 Å². The summed E-state index contributed by atoms with van der Waals surface area (Å²) in [6.07, 6.45) is 0. The van der Waals surface area contributed by atoms with E-state index in [0.29, 0.717) is 22.2 Å². The van der Waals surface area contributed by atoms with Gasteiger partial charge < -0.3 is 10.8 Å². The molecule has 1 unspecified atom stereocenters. The topological polar surface area (TPSA) is 127 Å². The summed E-state index contributed by atoms with van der Waals surface area (Å²) in [5.74, 6) is -0.504. The molecule has 2 aliphatic heterocycles. The van der Waals surface area contributed by atoms with E-state index in [2.05, 4.69) is 15.5 Å². The molecule has 2 atom stereocenters. The number of tetrazole rings is 1. The van der Waals surface area contributed by atoms with Gasteiger partial charge in [-0.15, -0.1) is 16.9 Å². The fourth-order valence-electron chi connectivity index (χ4n) is 2.19. The van der Waals surface area contributed by atoms with Crippen molar-refractivity contribution in [1.82, 2.24) is 25.1 Å². The zero-order chi connectivity index (χ0) is 15.1. The first-order valence-corrected chi connectivity index (χ1v) is 8.05. The fourth-order valence-corrected chi connectivity index (χ4v) is 4.47. The van der Waals surface area contributed by atoms with Crippen LogP contribution in [0.15, 0.2) is 16.4 Å². The number of carbonyl (C=O) groups excluding carboxylic acids is 1. The van der Waals surface area contributed by atoms with E-state index in [1.807, 2.05) is 0 Å². The largest absolute Gasteiger partial charge is 0.477 e. The van der Waals surface area contributed by atoms with Crippen molar-refractivity contribution < 1.29 is 14.7 Å². The van der Waals surface area contributed by atoms with Gasteiger partial charge in [0.05, 0.1) is 0 Å². The molecule has 9 nitrogen and oxygen atoms in total. The third-order valence-electron chi connectivity index (χ3n) is 3.25. The third kappa shape index (κ3) is 2.30. The number of amides is 1. The van der Waals surface area contributed by atoms with E-state index in [1.165, 1.54) is 33.1 Å². The summed E-state index contributed by atoms with van der Waals surface area (Å²) in [6.45, 7) is 0. The van der Waals surface area contributed by atoms with Crippen molar-refractivity contribution in [1.29, 1.82) is 0 Å². The number of fused-ring (bicyclic) bond motifs is 1. The zero-order valence-electron chi connectivity index (χ0n) is 11.0. The Bertz CT molecular complexity index is 644. The number of rotatable bonds is 4. The maximum Gasteiger partial charge on any atom is 0.352 e. The highest BCUT2D eigenvalue weighted by molar-refractivity contribution is 8.01. The standard InChI is InChI=1S/C10H12N6O3S2/c1-15-10(12-13-14-15)21-3-4-2-20-8-5(11)7(17)16(8)6(4)9(18)19/h5,8H,2-3,11H2,1H3,(H,18,19)/t5?,8-/m1/s1. The number of hydrogen-bond acceptors (Lipinski definition) is 8. The lowest BCUT2D eigenvalue weighted by molar-refractivity contribution is -0.147. The Balaban J connectivity index is 1.83. The minimum Gasteiger partial charge on any atom is -0.477 e. The number of aromatic nitrogens is 4. The molecule has 1 aromatic heterocycles. The second-order valence-corrected chi connectivity index (χ2v) is 6.61. The lowest BCUT2D eigenvalue weighted by Crippen LogP contribution is -2.68. The van der Waals surface area contributed by atoms with Crippen molar-refractivity contribution >= 4 is 35.4 Å². The predicted octanol–water partition coefficient (Wildman–Crippen LogP) is -1.12. The van der Waals surface area contributed by atoms with E-state index in [4.69, 9.17) is 5.73 Å². The summed E-state index contributed by atoms with van der Waals surface area (Å²) in [5.41, 5.74) is 6.42. The first kappa shape index (κ1) is 14.4. The molecule has 11 heteroatoms. The average Bonchev–Trinajstić information content (AvgIpc) is 2.88. The molecule has 1 saturated heterocycles. The summed E-state index contributed by atoms with van der Waals surface area (Å²) in [5, 5.41) is 20.8. The van der Waals surface area contributed by atoms with E-state index in [9.17, 15) is 14.7 Å². The number of carboxylic acid groups (broad SMARTS) is 1. The SMILES string of the molecule is Cn1nnnc1SCC1=C(C(=O)O)N2C(=O)C(N)[C@H]2SC1. The summed E-state index contributed by atoms with van der Waals surface area (Å²) < 4.78 is 1.51. The minimum atomic E-state index is -1.10. The average molecular weight is 328 g/mol. The highest BCUT2D eigenvalue weighted by Crippen LogP contribution is 2.40. The first-order chi connectivity index (χ1) is 10.0. The van der Waals surface area contributed by atoms with Crippen molar-refractivity contribution in [2.75, 3.05) is 11.5 Å². The van der Waals surface area contributed by atoms with Gasteiger partial charge in [-0.2, -0.15) is 0 Å². The Morgan fingerprint density at radius 1 is 1.62 bits per heavy atom. The maximum absolute atomic E-state index is 11.8. The number of thioether (sulfide) groups is 2. The molecular weight excluding hydrogens is 316 g/mol. The molecule has 0 aliphatic carbocycles. The van der Waals surface area contributed by atoms with Crippen LogP contribution in [0, 0.1) is 0 Å². The van der Waals surface area contributed by atoms with Gasteiger partial charge in [0.2, 0.25) is 11.1 Å². The van der Waals surface area contributed by atoms with Gasteiger partial charge in [-0.25, -0.2) is 9.48 Å². The molecule has 112 valence electrons. The van der Waals surface area contributed by atoms with Crippen molar-refractivity contribution in [2.45, 2.75) is 16.6 Å². The van der Waals surface area contributed by atoms with Gasteiger partial charge in [0, 0.05) is 18.6 Å². The second-order valence-electron chi connectivity index (χ2n) is 4.57. The van der Waals surface area contributed by atoms with Crippen LogP contribution >= 0.6 is 23.5 Å². The van der Waals surface area contributed by atoms with Gasteiger partial charge >= 0.3 is 5.97 Å². The fraction of sp³-hybridized carbons (Fsp3) is 0.500. The van der Waals surface area contributed by atoms with Crippen LogP contribution in [0.25, 0.3) is 0 Å². The molecule has 0 bridgehead atoms. The molecule has 2 aliphatic rings. The number of nitrogens with two attached hydrogens (primary N) is 1. The van der Waals surface area contributed by atoms with Crippen LogP contribution in [0.4, 0.5) is 0 Å². The maximum atomic E-state index is 11.8. The molecule has 0 aromatic carbocycles. The first-order valence-electron chi connectivity index (χ1n) is 6.01. The van der Waals surface area contributed by atoms with Crippen molar-refractivity contribution in [3.05, 3.63) is 11.3 Å². The Morgan fingerprint density at radius 2 is 2.38 bits per heavy atom. The number of β-lactam (4-membered cyclic amide) rings is 1. The summed E-state index contributed by atoms with van der Waals surface area (Å²) in [6, 6.07) is -0.610. The minimum absolute atomic E-state index is 0.0491.